The number of para-hydroxylation sites is 1. The maximum atomic E-state index is 13.9. The molecule has 7 rings (SSSR count). The van der Waals surface area contributed by atoms with Crippen molar-refractivity contribution in [3.8, 4) is 0 Å². The summed E-state index contributed by atoms with van der Waals surface area (Å²) in [6.07, 6.45) is 9.74. The molecule has 0 saturated heterocycles. The molecule has 0 bridgehead atoms. The van der Waals surface area contributed by atoms with Gasteiger partial charge in [-0.2, -0.15) is 0 Å². The highest BCUT2D eigenvalue weighted by Crippen LogP contribution is 2.77. The van der Waals surface area contributed by atoms with Crippen LogP contribution in [0, 0.1) is 51.2 Å². The third-order valence-electron chi connectivity index (χ3n) is 15.1. The molecule has 1 aromatic heterocycles. The lowest BCUT2D eigenvalue weighted by atomic mass is 9.32. The molecule has 4 saturated carbocycles. The molecule has 5 nitrogen and oxygen atoms in total. The molecular weight excluding hydrogens is 532 g/mol. The van der Waals surface area contributed by atoms with E-state index >= 15 is 0 Å². The Hall–Kier alpha value is -2.56. The van der Waals surface area contributed by atoms with Gasteiger partial charge in [-0.1, -0.05) is 65.0 Å². The van der Waals surface area contributed by atoms with E-state index in [1.807, 2.05) is 0 Å². The third-order valence-corrected chi connectivity index (χ3v) is 15.1. The van der Waals surface area contributed by atoms with Gasteiger partial charge in [-0.3, -0.25) is 9.59 Å². The van der Waals surface area contributed by atoms with Crippen molar-refractivity contribution in [2.24, 2.45) is 51.2 Å². The minimum absolute atomic E-state index is 0.0189. The fourth-order valence-corrected chi connectivity index (χ4v) is 13.2. The van der Waals surface area contributed by atoms with E-state index < -0.39 is 11.4 Å². The number of hydrogen-bond acceptors (Lipinski definition) is 2. The van der Waals surface area contributed by atoms with Gasteiger partial charge in [0.1, 0.15) is 6.54 Å². The largest absolute Gasteiger partial charge is 0.480 e. The van der Waals surface area contributed by atoms with Crippen LogP contribution >= 0.6 is 0 Å². The Balaban J connectivity index is 1.29. The van der Waals surface area contributed by atoms with Crippen LogP contribution in [0.4, 0.5) is 0 Å². The molecule has 0 aliphatic heterocycles. The van der Waals surface area contributed by atoms with Crippen LogP contribution in [0.25, 0.3) is 10.9 Å². The number of nitrogens with one attached hydrogen (secondary N) is 2. The zero-order chi connectivity index (χ0) is 30.7. The molecule has 5 aliphatic carbocycles. The van der Waals surface area contributed by atoms with E-state index in [0.717, 1.165) is 38.5 Å². The molecule has 9 atom stereocenters. The molecular formula is C38H52N2O3. The van der Waals surface area contributed by atoms with Crippen LogP contribution in [0.5, 0.6) is 0 Å². The lowest BCUT2D eigenvalue weighted by Crippen LogP contribution is -2.67. The molecule has 4 fully saturated rings. The number of rotatable bonds is 4. The summed E-state index contributed by atoms with van der Waals surface area (Å²) in [5.74, 6) is 1.27. The van der Waals surface area contributed by atoms with Gasteiger partial charge in [-0.25, -0.2) is 0 Å². The first-order chi connectivity index (χ1) is 20.2. The van der Waals surface area contributed by atoms with E-state index in [0.29, 0.717) is 23.7 Å². The third kappa shape index (κ3) is 3.63. The van der Waals surface area contributed by atoms with Crippen LogP contribution < -0.4 is 5.32 Å². The minimum atomic E-state index is -0.969. The van der Waals surface area contributed by atoms with E-state index in [1.165, 1.54) is 41.4 Å². The molecule has 1 heterocycles. The summed E-state index contributed by atoms with van der Waals surface area (Å²) < 4.78 is 0. The standard InChI is InChI=1S/C38H52N2O3/c1-22(2)23-14-17-38(33(43)39-21-30(41)42)19-18-36(6)26(31(23)38)12-13-29-35(5)20-25-24-10-8-9-11-27(24)40-32(25)34(3,4)28(35)15-16-37(29,36)7/h8-11,23,26,28-29,31,40H,1,12-21H2,2-7H3,(H,39,43)(H,41,42)/t23?,26?,28?,29?,31?,35-,36+,37+,38-/m0/s1. The average molecular weight is 585 g/mol. The number of benzene rings is 1. The van der Waals surface area contributed by atoms with Crippen molar-refractivity contribution >= 4 is 22.8 Å². The van der Waals surface area contributed by atoms with Gasteiger partial charge < -0.3 is 15.4 Å². The van der Waals surface area contributed by atoms with E-state index in [-0.39, 0.29) is 40.0 Å². The maximum Gasteiger partial charge on any atom is 0.322 e. The Morgan fingerprint density at radius 3 is 2.42 bits per heavy atom. The Morgan fingerprint density at radius 2 is 1.70 bits per heavy atom. The second kappa shape index (κ2) is 9.23. The molecule has 232 valence electrons. The van der Waals surface area contributed by atoms with E-state index in [4.69, 9.17) is 0 Å². The van der Waals surface area contributed by atoms with Gasteiger partial charge in [-0.05, 0) is 122 Å². The number of aromatic amines is 1. The highest BCUT2D eigenvalue weighted by atomic mass is 16.4. The van der Waals surface area contributed by atoms with E-state index in [9.17, 15) is 14.7 Å². The number of carbonyl (C=O) groups excluding carboxylic acids is 1. The summed E-state index contributed by atoms with van der Waals surface area (Å²) in [6, 6.07) is 8.90. The van der Waals surface area contributed by atoms with Crippen molar-refractivity contribution in [1.29, 1.82) is 0 Å². The lowest BCUT2D eigenvalue weighted by molar-refractivity contribution is -0.224. The number of carboxylic acids is 1. The second-order valence-electron chi connectivity index (χ2n) is 16.8. The van der Waals surface area contributed by atoms with Crippen molar-refractivity contribution in [3.63, 3.8) is 0 Å². The van der Waals surface area contributed by atoms with Crippen LogP contribution in [-0.2, 0) is 21.4 Å². The fourth-order valence-electron chi connectivity index (χ4n) is 13.2. The first kappa shape index (κ1) is 29.2. The normalized spacial score (nSPS) is 42.6. The van der Waals surface area contributed by atoms with Gasteiger partial charge in [0.2, 0.25) is 5.91 Å². The van der Waals surface area contributed by atoms with Crippen molar-refractivity contribution in [2.45, 2.75) is 105 Å². The smallest absolute Gasteiger partial charge is 0.322 e. The van der Waals surface area contributed by atoms with Crippen molar-refractivity contribution < 1.29 is 14.7 Å². The molecule has 43 heavy (non-hydrogen) atoms. The number of carboxylic acid groups (broad SMARTS) is 1. The quantitative estimate of drug-likeness (QED) is 0.318. The summed E-state index contributed by atoms with van der Waals surface area (Å²) in [6.45, 7) is 19.2. The van der Waals surface area contributed by atoms with Crippen LogP contribution in [0.1, 0.15) is 104 Å². The number of amides is 1. The number of fused-ring (bicyclic) bond motifs is 10. The Morgan fingerprint density at radius 1 is 0.953 bits per heavy atom. The number of allylic oxidation sites excluding steroid dienone is 1. The zero-order valence-electron chi connectivity index (χ0n) is 27.2. The van der Waals surface area contributed by atoms with Crippen LogP contribution in [0.3, 0.4) is 0 Å². The van der Waals surface area contributed by atoms with Gasteiger partial charge in [0.15, 0.2) is 0 Å². The Labute approximate surface area is 257 Å². The predicted octanol–water partition coefficient (Wildman–Crippen LogP) is 8.04. The molecule has 5 unspecified atom stereocenters. The van der Waals surface area contributed by atoms with Crippen molar-refractivity contribution in [3.05, 3.63) is 47.7 Å². The highest BCUT2D eigenvalue weighted by Gasteiger charge is 2.71. The van der Waals surface area contributed by atoms with Gasteiger partial charge in [-0.15, -0.1) is 0 Å². The van der Waals surface area contributed by atoms with Gasteiger partial charge in [0.25, 0.3) is 0 Å². The van der Waals surface area contributed by atoms with Gasteiger partial charge in [0.05, 0.1) is 5.41 Å². The minimum Gasteiger partial charge on any atom is -0.480 e. The summed E-state index contributed by atoms with van der Waals surface area (Å²) in [5, 5.41) is 13.6. The Bertz CT molecular complexity index is 1520. The monoisotopic (exact) mass is 584 g/mol. The molecule has 1 amide bonds. The summed E-state index contributed by atoms with van der Waals surface area (Å²) in [5.41, 5.74) is 5.63. The maximum absolute atomic E-state index is 13.9. The first-order valence-corrected chi connectivity index (χ1v) is 17.0. The molecule has 0 radical (unpaired) electrons. The van der Waals surface area contributed by atoms with Crippen molar-refractivity contribution in [2.75, 3.05) is 6.54 Å². The summed E-state index contributed by atoms with van der Waals surface area (Å²) >= 11 is 0. The summed E-state index contributed by atoms with van der Waals surface area (Å²) in [4.78, 5) is 29.2. The van der Waals surface area contributed by atoms with Crippen LogP contribution in [0.2, 0.25) is 0 Å². The molecule has 0 spiro atoms. The Kier molecular flexibility index (Phi) is 6.26. The number of aromatic nitrogens is 1. The van der Waals surface area contributed by atoms with Crippen LogP contribution in [-0.4, -0.2) is 28.5 Å². The highest BCUT2D eigenvalue weighted by molar-refractivity contribution is 5.87. The first-order valence-electron chi connectivity index (χ1n) is 17.0. The predicted molar refractivity (Wildman–Crippen MR) is 172 cm³/mol. The molecule has 2 aromatic rings. The number of H-pyrrole nitrogens is 1. The molecule has 5 aliphatic rings. The van der Waals surface area contributed by atoms with E-state index in [2.05, 4.69) is 82.7 Å². The van der Waals surface area contributed by atoms with Gasteiger partial charge in [0, 0.05) is 22.0 Å². The average Bonchev–Trinajstić information content (AvgIpc) is 3.52. The topological polar surface area (TPSA) is 82.2 Å². The zero-order valence-corrected chi connectivity index (χ0v) is 27.2. The molecule has 5 heteroatoms. The second-order valence-corrected chi connectivity index (χ2v) is 16.8. The number of carbonyl (C=O) groups is 2. The van der Waals surface area contributed by atoms with Crippen molar-refractivity contribution in [1.82, 2.24) is 10.3 Å². The lowest BCUT2D eigenvalue weighted by Gasteiger charge is -2.72. The summed E-state index contributed by atoms with van der Waals surface area (Å²) in [7, 11) is 0. The molecule has 3 N–H and O–H groups in total. The molecule has 1 aromatic carbocycles. The van der Waals surface area contributed by atoms with E-state index in [1.54, 1.807) is 5.56 Å². The van der Waals surface area contributed by atoms with Gasteiger partial charge >= 0.3 is 5.97 Å². The number of aliphatic carboxylic acids is 1. The number of hydrogen-bond donors (Lipinski definition) is 3. The van der Waals surface area contributed by atoms with Crippen LogP contribution in [0.15, 0.2) is 36.4 Å². The SMILES string of the molecule is C=C(C)C1CC[C@]2(C(=O)NCC(=O)O)CC[C@]3(C)C(CCC4[C@@]5(C)Cc6c([nH]c7ccccc67)C(C)(C)C5CC[C@]43C)C12. The fraction of sp³-hybridized carbons (Fsp3) is 0.684.